The summed E-state index contributed by atoms with van der Waals surface area (Å²) in [5, 5.41) is 9.54. The second-order valence-electron chi connectivity index (χ2n) is 7.02. The average Bonchev–Trinajstić information content (AvgIpc) is 2.99. The van der Waals surface area contributed by atoms with Crippen LogP contribution in [0, 0.1) is 6.92 Å². The molecule has 2 heterocycles. The van der Waals surface area contributed by atoms with E-state index in [9.17, 15) is 9.59 Å². The fourth-order valence-electron chi connectivity index (χ4n) is 3.38. The molecule has 0 radical (unpaired) electrons. The highest BCUT2D eigenvalue weighted by Crippen LogP contribution is 2.37. The van der Waals surface area contributed by atoms with E-state index in [-0.39, 0.29) is 17.9 Å². The average molecular weight is 401 g/mol. The number of carboxylic acids is 1. The molecule has 148 valence electrons. The van der Waals surface area contributed by atoms with E-state index in [1.165, 1.54) is 11.3 Å². The number of carbonyl (C=O) groups is 1. The zero-order valence-corrected chi connectivity index (χ0v) is 17.3. The Morgan fingerprint density at radius 1 is 1.36 bits per heavy atom. The molecule has 3 aromatic rings. The first-order chi connectivity index (χ1) is 13.3. The predicted molar refractivity (Wildman–Crippen MR) is 112 cm³/mol. The van der Waals surface area contributed by atoms with Gasteiger partial charge < -0.3 is 9.84 Å². The molecule has 0 saturated carbocycles. The van der Waals surface area contributed by atoms with Crippen LogP contribution in [-0.2, 0) is 11.3 Å². The molecule has 0 aliphatic carbocycles. The van der Waals surface area contributed by atoms with E-state index >= 15 is 0 Å². The van der Waals surface area contributed by atoms with Crippen molar-refractivity contribution in [2.75, 3.05) is 7.11 Å². The molecule has 0 spiro atoms. The van der Waals surface area contributed by atoms with E-state index in [2.05, 4.69) is 0 Å². The van der Waals surface area contributed by atoms with Crippen molar-refractivity contribution >= 4 is 27.5 Å². The molecule has 3 rings (SSSR count). The first kappa shape index (κ1) is 20.1. The van der Waals surface area contributed by atoms with Gasteiger partial charge in [0.05, 0.1) is 12.5 Å². The summed E-state index contributed by atoms with van der Waals surface area (Å²) in [7, 11) is 1.61. The number of aliphatic carboxylic acids is 1. The Hall–Kier alpha value is -2.67. The number of fused-ring (bicyclic) bond motifs is 1. The topological polar surface area (TPSA) is 81.4 Å². The zero-order chi connectivity index (χ0) is 20.4. The van der Waals surface area contributed by atoms with Gasteiger partial charge in [0.15, 0.2) is 0 Å². The minimum Gasteiger partial charge on any atom is -0.497 e. The number of ether oxygens (including phenoxy) is 1. The molecule has 0 saturated heterocycles. The number of hydrogen-bond donors (Lipinski definition) is 1. The van der Waals surface area contributed by atoms with Crippen LogP contribution in [0.4, 0.5) is 0 Å². The molecule has 0 unspecified atom stereocenters. The Morgan fingerprint density at radius 3 is 2.75 bits per heavy atom. The number of benzene rings is 1. The van der Waals surface area contributed by atoms with Gasteiger partial charge in [0.25, 0.3) is 5.56 Å². The van der Waals surface area contributed by atoms with E-state index in [0.717, 1.165) is 26.6 Å². The molecule has 7 heteroatoms. The Bertz CT molecular complexity index is 1080. The normalized spacial score (nSPS) is 11.3. The van der Waals surface area contributed by atoms with Crippen LogP contribution in [-0.4, -0.2) is 27.7 Å². The van der Waals surface area contributed by atoms with E-state index in [1.54, 1.807) is 11.7 Å². The van der Waals surface area contributed by atoms with Gasteiger partial charge >= 0.3 is 5.97 Å². The molecular weight excluding hydrogens is 376 g/mol. The molecule has 0 fully saturated rings. The SMILES string of the molecule is COc1cccc(-c2c(C)sc3nc(C(C)C)n(CCCC(=O)O)c(=O)c23)c1. The van der Waals surface area contributed by atoms with Crippen LogP contribution >= 0.6 is 11.3 Å². The summed E-state index contributed by atoms with van der Waals surface area (Å²) in [4.78, 5) is 30.9. The smallest absolute Gasteiger partial charge is 0.303 e. The molecule has 1 N–H and O–H groups in total. The molecule has 2 aromatic heterocycles. The lowest BCUT2D eigenvalue weighted by molar-refractivity contribution is -0.137. The highest BCUT2D eigenvalue weighted by Gasteiger charge is 2.21. The maximum absolute atomic E-state index is 13.4. The molecule has 0 aliphatic heterocycles. The predicted octanol–water partition coefficient (Wildman–Crippen LogP) is 4.43. The van der Waals surface area contributed by atoms with Crippen molar-refractivity contribution in [3.05, 3.63) is 45.3 Å². The number of rotatable bonds is 7. The van der Waals surface area contributed by atoms with Gasteiger partial charge in [-0.15, -0.1) is 11.3 Å². The number of carboxylic acid groups (broad SMARTS) is 1. The molecule has 0 aliphatic rings. The van der Waals surface area contributed by atoms with Gasteiger partial charge in [-0.1, -0.05) is 26.0 Å². The fourth-order valence-corrected chi connectivity index (χ4v) is 4.42. The van der Waals surface area contributed by atoms with Crippen LogP contribution in [0.3, 0.4) is 0 Å². The number of thiophene rings is 1. The van der Waals surface area contributed by atoms with E-state index in [0.29, 0.717) is 24.2 Å². The zero-order valence-electron chi connectivity index (χ0n) is 16.5. The Morgan fingerprint density at radius 2 is 2.11 bits per heavy atom. The summed E-state index contributed by atoms with van der Waals surface area (Å²) in [6, 6.07) is 7.64. The molecule has 0 amide bonds. The van der Waals surface area contributed by atoms with Crippen LogP contribution in [0.15, 0.2) is 29.1 Å². The lowest BCUT2D eigenvalue weighted by Crippen LogP contribution is -2.26. The van der Waals surface area contributed by atoms with Crippen LogP contribution in [0.25, 0.3) is 21.3 Å². The third-order valence-electron chi connectivity index (χ3n) is 4.66. The molecular formula is C21H24N2O4S. The third-order valence-corrected chi connectivity index (χ3v) is 5.66. The summed E-state index contributed by atoms with van der Waals surface area (Å²) in [5.74, 6) is 0.618. The number of aromatic nitrogens is 2. The molecule has 1 aromatic carbocycles. The van der Waals surface area contributed by atoms with E-state index in [1.807, 2.05) is 45.0 Å². The van der Waals surface area contributed by atoms with Crippen LogP contribution in [0.1, 0.15) is 43.3 Å². The van der Waals surface area contributed by atoms with Gasteiger partial charge in [0.1, 0.15) is 16.4 Å². The molecule has 28 heavy (non-hydrogen) atoms. The minimum atomic E-state index is -0.864. The molecule has 6 nitrogen and oxygen atoms in total. The van der Waals surface area contributed by atoms with Crippen molar-refractivity contribution in [3.8, 4) is 16.9 Å². The summed E-state index contributed by atoms with van der Waals surface area (Å²) in [6.45, 7) is 6.31. The van der Waals surface area contributed by atoms with Gasteiger partial charge in [-0.2, -0.15) is 0 Å². The standard InChI is InChI=1S/C21H24N2O4S/c1-12(2)19-22-20-18(21(26)23(19)10-6-9-16(24)25)17(13(3)28-20)14-7-5-8-15(11-14)27-4/h5,7-8,11-12H,6,9-10H2,1-4H3,(H,24,25). The molecule has 0 atom stereocenters. The minimum absolute atomic E-state index is 0.0212. The van der Waals surface area contributed by atoms with Crippen molar-refractivity contribution in [1.29, 1.82) is 0 Å². The number of methoxy groups -OCH3 is 1. The Balaban J connectivity index is 2.23. The second kappa shape index (κ2) is 8.14. The van der Waals surface area contributed by atoms with Crippen LogP contribution < -0.4 is 10.3 Å². The second-order valence-corrected chi connectivity index (χ2v) is 8.23. The Kier molecular flexibility index (Phi) is 5.84. The van der Waals surface area contributed by atoms with Crippen molar-refractivity contribution in [3.63, 3.8) is 0 Å². The summed E-state index contributed by atoms with van der Waals surface area (Å²) < 4.78 is 6.98. The maximum Gasteiger partial charge on any atom is 0.303 e. The van der Waals surface area contributed by atoms with Crippen molar-refractivity contribution in [2.45, 2.75) is 46.1 Å². The van der Waals surface area contributed by atoms with Crippen molar-refractivity contribution in [1.82, 2.24) is 9.55 Å². The van der Waals surface area contributed by atoms with Gasteiger partial charge in [-0.3, -0.25) is 14.2 Å². The lowest BCUT2D eigenvalue weighted by atomic mass is 10.0. The summed E-state index contributed by atoms with van der Waals surface area (Å²) in [6.07, 6.45) is 0.410. The van der Waals surface area contributed by atoms with Gasteiger partial charge in [0, 0.05) is 29.3 Å². The number of hydrogen-bond acceptors (Lipinski definition) is 5. The van der Waals surface area contributed by atoms with Gasteiger partial charge in [0.2, 0.25) is 0 Å². The fraction of sp³-hybridized carbons (Fsp3) is 0.381. The van der Waals surface area contributed by atoms with E-state index in [4.69, 9.17) is 14.8 Å². The largest absolute Gasteiger partial charge is 0.497 e. The first-order valence-electron chi connectivity index (χ1n) is 9.23. The van der Waals surface area contributed by atoms with Gasteiger partial charge in [-0.25, -0.2) is 4.98 Å². The van der Waals surface area contributed by atoms with Crippen molar-refractivity contribution in [2.24, 2.45) is 0 Å². The Labute approximate surface area is 167 Å². The van der Waals surface area contributed by atoms with Crippen LogP contribution in [0.2, 0.25) is 0 Å². The third kappa shape index (κ3) is 3.80. The quantitative estimate of drug-likeness (QED) is 0.634. The van der Waals surface area contributed by atoms with Gasteiger partial charge in [-0.05, 0) is 31.0 Å². The monoisotopic (exact) mass is 400 g/mol. The lowest BCUT2D eigenvalue weighted by Gasteiger charge is -2.15. The summed E-state index contributed by atoms with van der Waals surface area (Å²) in [5.41, 5.74) is 1.68. The number of aryl methyl sites for hydroxylation is 1. The van der Waals surface area contributed by atoms with Crippen molar-refractivity contribution < 1.29 is 14.6 Å². The highest BCUT2D eigenvalue weighted by atomic mass is 32.1. The number of nitrogens with zero attached hydrogens (tertiary/aromatic N) is 2. The first-order valence-corrected chi connectivity index (χ1v) is 10.0. The van der Waals surface area contributed by atoms with Crippen LogP contribution in [0.5, 0.6) is 5.75 Å². The van der Waals surface area contributed by atoms with E-state index < -0.39 is 5.97 Å². The highest BCUT2D eigenvalue weighted by molar-refractivity contribution is 7.19. The summed E-state index contributed by atoms with van der Waals surface area (Å²) >= 11 is 1.51. The maximum atomic E-state index is 13.4. The molecule has 0 bridgehead atoms.